The molecular formula is C53H32N2O2. The van der Waals surface area contributed by atoms with E-state index in [1.165, 1.54) is 33.4 Å². The van der Waals surface area contributed by atoms with Crippen molar-refractivity contribution in [1.29, 1.82) is 0 Å². The van der Waals surface area contributed by atoms with Gasteiger partial charge in [0, 0.05) is 38.2 Å². The molecule has 8 aromatic carbocycles. The molecule has 4 nitrogen and oxygen atoms in total. The molecule has 0 radical (unpaired) electrons. The Balaban J connectivity index is 1.18. The van der Waals surface area contributed by atoms with Crippen LogP contribution in [0.4, 0.5) is 0 Å². The minimum absolute atomic E-state index is 0.537. The largest absolute Gasteiger partial charge is 0.456 e. The van der Waals surface area contributed by atoms with Gasteiger partial charge in [0.15, 0.2) is 5.82 Å². The minimum Gasteiger partial charge on any atom is -0.456 e. The Bertz CT molecular complexity index is 3320. The third-order valence-corrected chi connectivity index (χ3v) is 11.8. The van der Waals surface area contributed by atoms with Gasteiger partial charge >= 0.3 is 0 Å². The van der Waals surface area contributed by atoms with E-state index in [1.54, 1.807) is 0 Å². The second kappa shape index (κ2) is 12.2. The summed E-state index contributed by atoms with van der Waals surface area (Å²) in [5, 5.41) is 4.16. The van der Waals surface area contributed by atoms with Crippen molar-refractivity contribution in [3.63, 3.8) is 0 Å². The quantitative estimate of drug-likeness (QED) is 0.177. The molecule has 0 spiro atoms. The molecule has 57 heavy (non-hydrogen) atoms. The fraction of sp³-hybridized carbons (Fsp3) is 0.0189. The van der Waals surface area contributed by atoms with Crippen LogP contribution in [0.25, 0.3) is 88.9 Å². The van der Waals surface area contributed by atoms with Gasteiger partial charge in [0.05, 0.1) is 16.8 Å². The molecule has 266 valence electrons. The Kier molecular flexibility index (Phi) is 6.81. The maximum atomic E-state index is 6.62. The molecule has 0 aliphatic heterocycles. The van der Waals surface area contributed by atoms with Gasteiger partial charge in [0.1, 0.15) is 22.3 Å². The second-order valence-corrected chi connectivity index (χ2v) is 14.8. The highest BCUT2D eigenvalue weighted by molar-refractivity contribution is 6.12. The molecule has 12 rings (SSSR count). The van der Waals surface area contributed by atoms with Crippen molar-refractivity contribution in [2.75, 3.05) is 0 Å². The van der Waals surface area contributed by atoms with Crippen LogP contribution in [0.2, 0.25) is 0 Å². The van der Waals surface area contributed by atoms with E-state index in [0.717, 1.165) is 72.0 Å². The van der Waals surface area contributed by atoms with Crippen LogP contribution in [-0.2, 0) is 5.41 Å². The van der Waals surface area contributed by atoms with Gasteiger partial charge < -0.3 is 8.83 Å². The van der Waals surface area contributed by atoms with Crippen molar-refractivity contribution in [3.8, 4) is 45.0 Å². The fourth-order valence-corrected chi connectivity index (χ4v) is 9.46. The zero-order valence-electron chi connectivity index (χ0n) is 30.7. The number of furan rings is 2. The normalized spacial score (nSPS) is 13.1. The molecule has 0 atom stereocenters. The molecule has 0 saturated carbocycles. The summed E-state index contributed by atoms with van der Waals surface area (Å²) >= 11 is 0. The maximum Gasteiger partial charge on any atom is 0.161 e. The lowest BCUT2D eigenvalue weighted by Gasteiger charge is -2.33. The molecule has 1 aliphatic rings. The molecule has 0 amide bonds. The van der Waals surface area contributed by atoms with Crippen molar-refractivity contribution >= 4 is 43.9 Å². The van der Waals surface area contributed by atoms with Crippen LogP contribution < -0.4 is 0 Å². The zero-order valence-corrected chi connectivity index (χ0v) is 30.7. The topological polar surface area (TPSA) is 52.1 Å². The Morgan fingerprint density at radius 1 is 0.368 bits per heavy atom. The Hall–Kier alpha value is -7.56. The third-order valence-electron chi connectivity index (χ3n) is 11.8. The first kappa shape index (κ1) is 31.8. The predicted molar refractivity (Wildman–Crippen MR) is 230 cm³/mol. The van der Waals surface area contributed by atoms with E-state index >= 15 is 0 Å². The first-order valence-electron chi connectivity index (χ1n) is 19.3. The molecular weight excluding hydrogens is 697 g/mol. The number of benzene rings is 8. The number of para-hydroxylation sites is 3. The standard InChI is InChI=1S/C53H32N2O2/c1-3-16-33(17-4-1)53(34-18-5-2-6-19-34)42-27-10-7-21-37(42)49-38(24-14-28-43(49)53)44-32-45(39-25-13-23-36-35-20-8-11-29-46(35)57-51(36)39)55-52(54-44)41-26-15-31-48-50(41)40-22-9-12-30-47(40)56-48/h1-32H. The van der Waals surface area contributed by atoms with Gasteiger partial charge in [-0.2, -0.15) is 0 Å². The average molecular weight is 729 g/mol. The lowest BCUT2D eigenvalue weighted by atomic mass is 9.67. The van der Waals surface area contributed by atoms with E-state index in [1.807, 2.05) is 36.4 Å². The highest BCUT2D eigenvalue weighted by Gasteiger charge is 2.46. The van der Waals surface area contributed by atoms with Crippen molar-refractivity contribution in [1.82, 2.24) is 9.97 Å². The van der Waals surface area contributed by atoms with Gasteiger partial charge in [-0.1, -0.05) is 164 Å². The molecule has 3 heterocycles. The maximum absolute atomic E-state index is 6.62. The number of hydrogen-bond donors (Lipinski definition) is 0. The lowest BCUT2D eigenvalue weighted by Crippen LogP contribution is -2.28. The Morgan fingerprint density at radius 3 is 1.68 bits per heavy atom. The number of fused-ring (bicyclic) bond motifs is 9. The van der Waals surface area contributed by atoms with Gasteiger partial charge in [-0.05, 0) is 63.7 Å². The molecule has 0 saturated heterocycles. The number of nitrogens with zero attached hydrogens (tertiary/aromatic N) is 2. The summed E-state index contributed by atoms with van der Waals surface area (Å²) in [4.78, 5) is 10.9. The zero-order chi connectivity index (χ0) is 37.5. The summed E-state index contributed by atoms with van der Waals surface area (Å²) in [5.74, 6) is 0.619. The summed E-state index contributed by atoms with van der Waals surface area (Å²) in [7, 11) is 0. The molecule has 0 fully saturated rings. The predicted octanol–water partition coefficient (Wildman–Crippen LogP) is 13.6. The first-order valence-corrected chi connectivity index (χ1v) is 19.3. The highest BCUT2D eigenvalue weighted by Crippen LogP contribution is 2.58. The van der Waals surface area contributed by atoms with Crippen molar-refractivity contribution in [3.05, 3.63) is 216 Å². The van der Waals surface area contributed by atoms with Gasteiger partial charge in [0.25, 0.3) is 0 Å². The highest BCUT2D eigenvalue weighted by atomic mass is 16.3. The molecule has 0 N–H and O–H groups in total. The van der Waals surface area contributed by atoms with E-state index < -0.39 is 5.41 Å². The van der Waals surface area contributed by atoms with Crippen LogP contribution in [0.3, 0.4) is 0 Å². The van der Waals surface area contributed by atoms with Crippen LogP contribution in [0.5, 0.6) is 0 Å². The molecule has 0 bridgehead atoms. The van der Waals surface area contributed by atoms with E-state index in [0.29, 0.717) is 5.82 Å². The SMILES string of the molecule is c1ccc(C2(c3ccccc3)c3ccccc3-c3c(-c4cc(-c5cccc6c5oc5ccccc56)nc(-c5cccc6oc7ccccc7c56)n4)cccc32)cc1. The summed E-state index contributed by atoms with van der Waals surface area (Å²) in [6.45, 7) is 0. The van der Waals surface area contributed by atoms with E-state index in [-0.39, 0.29) is 0 Å². The van der Waals surface area contributed by atoms with Crippen molar-refractivity contribution in [2.24, 2.45) is 0 Å². The van der Waals surface area contributed by atoms with Crippen LogP contribution in [0.1, 0.15) is 22.3 Å². The molecule has 3 aromatic heterocycles. The summed E-state index contributed by atoms with van der Waals surface area (Å²) in [6, 6.07) is 68.4. The number of rotatable bonds is 5. The van der Waals surface area contributed by atoms with Gasteiger partial charge in [0.2, 0.25) is 0 Å². The van der Waals surface area contributed by atoms with E-state index in [2.05, 4.69) is 158 Å². The second-order valence-electron chi connectivity index (χ2n) is 14.8. The van der Waals surface area contributed by atoms with Gasteiger partial charge in [-0.3, -0.25) is 0 Å². The van der Waals surface area contributed by atoms with Crippen LogP contribution in [-0.4, -0.2) is 9.97 Å². The van der Waals surface area contributed by atoms with Crippen molar-refractivity contribution < 1.29 is 8.83 Å². The lowest BCUT2D eigenvalue weighted by molar-refractivity contribution is 0.668. The van der Waals surface area contributed by atoms with E-state index in [9.17, 15) is 0 Å². The molecule has 4 heteroatoms. The summed E-state index contributed by atoms with van der Waals surface area (Å²) in [6.07, 6.45) is 0. The van der Waals surface area contributed by atoms with Crippen LogP contribution in [0, 0.1) is 0 Å². The van der Waals surface area contributed by atoms with Crippen molar-refractivity contribution in [2.45, 2.75) is 5.41 Å². The smallest absolute Gasteiger partial charge is 0.161 e. The average Bonchev–Trinajstić information content (AvgIpc) is 3.95. The third kappa shape index (κ3) is 4.56. The molecule has 11 aromatic rings. The fourth-order valence-electron chi connectivity index (χ4n) is 9.46. The van der Waals surface area contributed by atoms with Crippen LogP contribution >= 0.6 is 0 Å². The number of aromatic nitrogens is 2. The molecule has 1 aliphatic carbocycles. The first-order chi connectivity index (χ1) is 28.3. The minimum atomic E-state index is -0.537. The Morgan fingerprint density at radius 2 is 0.895 bits per heavy atom. The monoisotopic (exact) mass is 728 g/mol. The van der Waals surface area contributed by atoms with Gasteiger partial charge in [-0.15, -0.1) is 0 Å². The summed E-state index contributed by atoms with van der Waals surface area (Å²) in [5.41, 5.74) is 14.5. The summed E-state index contributed by atoms with van der Waals surface area (Å²) < 4.78 is 13.0. The van der Waals surface area contributed by atoms with Crippen LogP contribution in [0.15, 0.2) is 203 Å². The Labute approximate surface area is 328 Å². The molecule has 0 unspecified atom stereocenters. The van der Waals surface area contributed by atoms with Gasteiger partial charge in [-0.25, -0.2) is 9.97 Å². The number of hydrogen-bond acceptors (Lipinski definition) is 4. The van der Waals surface area contributed by atoms with E-state index in [4.69, 9.17) is 18.8 Å².